The van der Waals surface area contributed by atoms with Gasteiger partial charge in [-0.2, -0.15) is 0 Å². The van der Waals surface area contributed by atoms with E-state index >= 15 is 0 Å². The maximum absolute atomic E-state index is 13.7. The molecule has 1 aliphatic rings. The number of rotatable bonds is 7. The summed E-state index contributed by atoms with van der Waals surface area (Å²) in [4.78, 5) is 31.7. The summed E-state index contributed by atoms with van der Waals surface area (Å²) in [5, 5.41) is 9.90. The minimum Gasteiger partial charge on any atom is -0.504 e. The Morgan fingerprint density at radius 3 is 2.58 bits per heavy atom. The van der Waals surface area contributed by atoms with E-state index in [9.17, 15) is 14.7 Å². The quantitative estimate of drug-likeness (QED) is 0.492. The zero-order chi connectivity index (χ0) is 26.0. The predicted molar refractivity (Wildman–Crippen MR) is 137 cm³/mol. The third kappa shape index (κ3) is 4.92. The van der Waals surface area contributed by atoms with Gasteiger partial charge in [0.25, 0.3) is 5.56 Å². The maximum Gasteiger partial charge on any atom is 0.338 e. The molecule has 0 aliphatic carbocycles. The van der Waals surface area contributed by atoms with Crippen LogP contribution in [0.5, 0.6) is 17.2 Å². The van der Waals surface area contributed by atoms with Crippen molar-refractivity contribution in [1.82, 2.24) is 4.57 Å². The van der Waals surface area contributed by atoms with E-state index in [2.05, 4.69) is 4.99 Å². The van der Waals surface area contributed by atoms with Gasteiger partial charge in [0.2, 0.25) is 0 Å². The lowest BCUT2D eigenvalue weighted by Crippen LogP contribution is -2.39. The Morgan fingerprint density at radius 1 is 1.22 bits per heavy atom. The average Bonchev–Trinajstić information content (AvgIpc) is 3.14. The molecule has 8 nitrogen and oxygen atoms in total. The highest BCUT2D eigenvalue weighted by atomic mass is 32.1. The summed E-state index contributed by atoms with van der Waals surface area (Å²) in [7, 11) is 1.46. The van der Waals surface area contributed by atoms with E-state index in [1.165, 1.54) is 29.1 Å². The van der Waals surface area contributed by atoms with E-state index in [4.69, 9.17) is 14.2 Å². The monoisotopic (exact) mass is 508 g/mol. The lowest BCUT2D eigenvalue weighted by molar-refractivity contribution is -0.139. The van der Waals surface area contributed by atoms with Crippen LogP contribution >= 0.6 is 11.3 Å². The van der Waals surface area contributed by atoms with Crippen LogP contribution in [0.25, 0.3) is 6.08 Å². The first-order valence-corrected chi connectivity index (χ1v) is 12.4. The number of hydrogen-bond acceptors (Lipinski definition) is 8. The van der Waals surface area contributed by atoms with Crippen LogP contribution in [0.4, 0.5) is 0 Å². The molecule has 1 aromatic heterocycles. The second-order valence-corrected chi connectivity index (χ2v) is 9.48. The number of methoxy groups -OCH3 is 1. The van der Waals surface area contributed by atoms with E-state index in [0.717, 1.165) is 5.56 Å². The number of aromatic hydroxyl groups is 1. The largest absolute Gasteiger partial charge is 0.504 e. The highest BCUT2D eigenvalue weighted by Crippen LogP contribution is 2.32. The molecule has 2 aromatic carbocycles. The number of thiazole rings is 1. The Bertz CT molecular complexity index is 1500. The fraction of sp³-hybridized carbons (Fsp3) is 0.296. The number of nitrogens with zero attached hydrogens (tertiary/aromatic N) is 2. The summed E-state index contributed by atoms with van der Waals surface area (Å²) >= 11 is 1.23. The van der Waals surface area contributed by atoms with Crippen molar-refractivity contribution in [2.45, 2.75) is 39.8 Å². The highest BCUT2D eigenvalue weighted by molar-refractivity contribution is 7.07. The van der Waals surface area contributed by atoms with Gasteiger partial charge in [-0.25, -0.2) is 9.79 Å². The molecule has 36 heavy (non-hydrogen) atoms. The molecule has 188 valence electrons. The van der Waals surface area contributed by atoms with Crippen LogP contribution in [0.15, 0.2) is 63.5 Å². The molecule has 1 aliphatic heterocycles. The molecule has 3 aromatic rings. The molecule has 0 unspecified atom stereocenters. The van der Waals surface area contributed by atoms with Crippen LogP contribution < -0.4 is 24.4 Å². The van der Waals surface area contributed by atoms with E-state index < -0.39 is 12.0 Å². The third-order valence-corrected chi connectivity index (χ3v) is 6.57. The predicted octanol–water partition coefficient (Wildman–Crippen LogP) is 3.30. The van der Waals surface area contributed by atoms with Crippen LogP contribution in [-0.2, 0) is 9.53 Å². The minimum absolute atomic E-state index is 0.00991. The summed E-state index contributed by atoms with van der Waals surface area (Å²) in [6.07, 6.45) is 1.73. The van der Waals surface area contributed by atoms with E-state index in [1.807, 2.05) is 38.1 Å². The number of carbonyl (C=O) groups excluding carboxylic acids is 1. The lowest BCUT2D eigenvalue weighted by Gasteiger charge is -2.25. The van der Waals surface area contributed by atoms with E-state index in [-0.39, 0.29) is 24.0 Å². The van der Waals surface area contributed by atoms with Crippen LogP contribution in [0.3, 0.4) is 0 Å². The molecule has 0 bridgehead atoms. The number of fused-ring (bicyclic) bond motifs is 1. The second kappa shape index (κ2) is 10.4. The van der Waals surface area contributed by atoms with Crippen LogP contribution in [0.1, 0.15) is 44.9 Å². The van der Waals surface area contributed by atoms with Crippen molar-refractivity contribution in [3.63, 3.8) is 0 Å². The molecule has 2 heterocycles. The van der Waals surface area contributed by atoms with Crippen LogP contribution in [0, 0.1) is 0 Å². The van der Waals surface area contributed by atoms with Gasteiger partial charge in [0.1, 0.15) is 5.75 Å². The van der Waals surface area contributed by atoms with Crippen molar-refractivity contribution < 1.29 is 24.1 Å². The van der Waals surface area contributed by atoms with Gasteiger partial charge in [-0.15, -0.1) is 0 Å². The Labute approximate surface area is 212 Å². The summed E-state index contributed by atoms with van der Waals surface area (Å²) < 4.78 is 18.2. The van der Waals surface area contributed by atoms with Gasteiger partial charge < -0.3 is 19.3 Å². The SMILES string of the molecule is CCOC(=O)C1=C(C)N=c2sc(=Cc3ccc(O)c(OC)c3)c(=O)n2[C@@H]1c1ccc(OC(C)C)cc1. The molecular weight excluding hydrogens is 480 g/mol. The number of esters is 1. The Hall–Kier alpha value is -3.85. The van der Waals surface area contributed by atoms with Gasteiger partial charge in [-0.1, -0.05) is 29.5 Å². The van der Waals surface area contributed by atoms with Gasteiger partial charge in [0.15, 0.2) is 16.3 Å². The summed E-state index contributed by atoms with van der Waals surface area (Å²) in [5.74, 6) is 0.499. The highest BCUT2D eigenvalue weighted by Gasteiger charge is 2.33. The van der Waals surface area contributed by atoms with E-state index in [1.54, 1.807) is 32.1 Å². The zero-order valence-electron chi connectivity index (χ0n) is 20.8. The first kappa shape index (κ1) is 25.2. The number of benzene rings is 2. The second-order valence-electron chi connectivity index (χ2n) is 8.47. The van der Waals surface area contributed by atoms with Crippen molar-refractivity contribution in [1.29, 1.82) is 0 Å². The van der Waals surface area contributed by atoms with Gasteiger partial charge in [0.05, 0.1) is 41.7 Å². The zero-order valence-corrected chi connectivity index (χ0v) is 21.6. The molecule has 0 saturated carbocycles. The summed E-state index contributed by atoms with van der Waals surface area (Å²) in [6, 6.07) is 11.5. The molecule has 0 saturated heterocycles. The molecule has 0 spiro atoms. The number of hydrogen-bond donors (Lipinski definition) is 1. The topological polar surface area (TPSA) is 99.4 Å². The fourth-order valence-electron chi connectivity index (χ4n) is 4.04. The lowest BCUT2D eigenvalue weighted by atomic mass is 9.96. The molecule has 9 heteroatoms. The molecule has 1 N–H and O–H groups in total. The molecule has 4 rings (SSSR count). The number of phenols is 1. The van der Waals surface area contributed by atoms with Gasteiger partial charge in [0, 0.05) is 0 Å². The van der Waals surface area contributed by atoms with Crippen molar-refractivity contribution in [3.05, 3.63) is 84.5 Å². The number of aromatic nitrogens is 1. The van der Waals surface area contributed by atoms with Crippen molar-refractivity contribution >= 4 is 23.4 Å². The van der Waals surface area contributed by atoms with Crippen molar-refractivity contribution in [3.8, 4) is 17.2 Å². The molecule has 0 fully saturated rings. The first-order chi connectivity index (χ1) is 17.2. The fourth-order valence-corrected chi connectivity index (χ4v) is 5.09. The Kier molecular flexibility index (Phi) is 7.30. The first-order valence-electron chi connectivity index (χ1n) is 11.6. The number of ether oxygens (including phenoxy) is 3. The van der Waals surface area contributed by atoms with Gasteiger partial charge in [-0.05, 0) is 69.2 Å². The molecule has 1 atom stereocenters. The van der Waals surface area contributed by atoms with Crippen LogP contribution in [0.2, 0.25) is 0 Å². The van der Waals surface area contributed by atoms with Crippen molar-refractivity contribution in [2.24, 2.45) is 4.99 Å². The molecule has 0 radical (unpaired) electrons. The number of allylic oxidation sites excluding steroid dienone is 1. The Balaban J connectivity index is 1.89. The third-order valence-electron chi connectivity index (χ3n) is 5.59. The van der Waals surface area contributed by atoms with Gasteiger partial charge in [-0.3, -0.25) is 9.36 Å². The molecular formula is C27H28N2O6S. The summed E-state index contributed by atoms with van der Waals surface area (Å²) in [5.41, 5.74) is 1.96. The van der Waals surface area contributed by atoms with Gasteiger partial charge >= 0.3 is 5.97 Å². The smallest absolute Gasteiger partial charge is 0.338 e. The Morgan fingerprint density at radius 2 is 1.94 bits per heavy atom. The maximum atomic E-state index is 13.7. The average molecular weight is 509 g/mol. The standard InChI is InChI=1S/C27H28N2O6S/c1-6-34-26(32)23-16(4)28-27-29(24(23)18-8-10-19(11-9-18)35-15(2)3)25(31)22(36-27)14-17-7-12-20(30)21(13-17)33-5/h7-15,24,30H,6H2,1-5H3/t24-/m1/s1. The summed E-state index contributed by atoms with van der Waals surface area (Å²) in [6.45, 7) is 7.58. The minimum atomic E-state index is -0.704. The van der Waals surface area contributed by atoms with Crippen LogP contribution in [-0.4, -0.2) is 35.5 Å². The number of phenolic OH excluding ortho intramolecular Hbond substituents is 1. The van der Waals surface area contributed by atoms with E-state index in [0.29, 0.717) is 37.7 Å². The van der Waals surface area contributed by atoms with Crippen molar-refractivity contribution in [2.75, 3.05) is 13.7 Å². The normalized spacial score (nSPS) is 15.5. The number of carbonyl (C=O) groups is 1. The molecule has 0 amide bonds.